The van der Waals surface area contributed by atoms with Gasteiger partial charge in [0.2, 0.25) is 0 Å². The molecule has 0 unspecified atom stereocenters. The van der Waals surface area contributed by atoms with Gasteiger partial charge >= 0.3 is 0 Å². The third-order valence-corrected chi connectivity index (χ3v) is 3.97. The van der Waals surface area contributed by atoms with Gasteiger partial charge in [-0.1, -0.05) is 64.7 Å². The summed E-state index contributed by atoms with van der Waals surface area (Å²) in [6.45, 7) is 4.32. The summed E-state index contributed by atoms with van der Waals surface area (Å²) in [5, 5.41) is 0. The van der Waals surface area contributed by atoms with Crippen molar-refractivity contribution in [1.29, 1.82) is 0 Å². The van der Waals surface area contributed by atoms with Crippen molar-refractivity contribution in [3.05, 3.63) is 0 Å². The molecule has 0 aromatic rings. The average Bonchev–Trinajstić information content (AvgIpc) is 2.85. The fraction of sp³-hybridized carbons (Fsp3) is 1.00. The van der Waals surface area contributed by atoms with E-state index in [0.717, 1.165) is 19.1 Å². The molecule has 1 rings (SSSR count). The molecule has 1 fully saturated rings. The molecule has 0 aromatic carbocycles. The van der Waals surface area contributed by atoms with Crippen LogP contribution in [0.5, 0.6) is 0 Å². The van der Waals surface area contributed by atoms with Gasteiger partial charge in [0, 0.05) is 13.2 Å². The number of rotatable bonds is 11. The minimum Gasteiger partial charge on any atom is -0.381 e. The van der Waals surface area contributed by atoms with Gasteiger partial charge in [0.25, 0.3) is 0 Å². The van der Waals surface area contributed by atoms with E-state index in [1.165, 1.54) is 77.0 Å². The molecule has 0 atom stereocenters. The van der Waals surface area contributed by atoms with Crippen LogP contribution in [0.2, 0.25) is 0 Å². The third-order valence-electron chi connectivity index (χ3n) is 3.97. The smallest absolute Gasteiger partial charge is 0.0494 e. The predicted molar refractivity (Wildman–Crippen MR) is 75.4 cm³/mol. The molecular weight excluding hydrogens is 208 g/mol. The second kappa shape index (κ2) is 11.1. The number of ether oxygens (including phenoxy) is 1. The van der Waals surface area contributed by atoms with Gasteiger partial charge in [0.1, 0.15) is 0 Å². The highest BCUT2D eigenvalue weighted by atomic mass is 16.5. The highest BCUT2D eigenvalue weighted by Gasteiger charge is 2.14. The molecule has 0 radical (unpaired) electrons. The van der Waals surface area contributed by atoms with Gasteiger partial charge in [-0.05, 0) is 25.2 Å². The van der Waals surface area contributed by atoms with Crippen molar-refractivity contribution in [3.8, 4) is 0 Å². The zero-order valence-corrected chi connectivity index (χ0v) is 11.9. The van der Waals surface area contributed by atoms with E-state index in [2.05, 4.69) is 6.92 Å². The fourth-order valence-electron chi connectivity index (χ4n) is 2.77. The van der Waals surface area contributed by atoms with E-state index in [1.807, 2.05) is 0 Å². The summed E-state index contributed by atoms with van der Waals surface area (Å²) in [7, 11) is 0. The van der Waals surface area contributed by atoms with E-state index in [1.54, 1.807) is 0 Å². The maximum Gasteiger partial charge on any atom is 0.0494 e. The quantitative estimate of drug-likeness (QED) is 0.443. The number of unbranched alkanes of at least 4 members (excludes halogenated alkanes) is 7. The molecule has 0 aromatic heterocycles. The highest BCUT2D eigenvalue weighted by molar-refractivity contribution is 4.66. The van der Waals surface area contributed by atoms with Crippen LogP contribution in [-0.2, 0) is 4.74 Å². The molecule has 0 N–H and O–H groups in total. The Balaban J connectivity index is 1.69. The Morgan fingerprint density at radius 1 is 0.824 bits per heavy atom. The SMILES string of the molecule is CCCCCCCCCCOCC1CCCC1. The first-order chi connectivity index (χ1) is 8.43. The molecule has 1 heteroatoms. The zero-order chi connectivity index (χ0) is 12.2. The van der Waals surface area contributed by atoms with E-state index in [9.17, 15) is 0 Å². The van der Waals surface area contributed by atoms with E-state index in [0.29, 0.717) is 0 Å². The molecular formula is C16H32O. The van der Waals surface area contributed by atoms with Gasteiger partial charge in [-0.25, -0.2) is 0 Å². The Morgan fingerprint density at radius 2 is 1.41 bits per heavy atom. The highest BCUT2D eigenvalue weighted by Crippen LogP contribution is 2.24. The minimum atomic E-state index is 0.893. The first kappa shape index (κ1) is 15.0. The maximum absolute atomic E-state index is 5.76. The molecule has 17 heavy (non-hydrogen) atoms. The fourth-order valence-corrected chi connectivity index (χ4v) is 2.77. The maximum atomic E-state index is 5.76. The Labute approximate surface area is 108 Å². The Bertz CT molecular complexity index is 150. The van der Waals surface area contributed by atoms with E-state index in [4.69, 9.17) is 4.74 Å². The first-order valence-corrected chi connectivity index (χ1v) is 8.01. The Morgan fingerprint density at radius 3 is 2.06 bits per heavy atom. The van der Waals surface area contributed by atoms with Gasteiger partial charge in [-0.15, -0.1) is 0 Å². The summed E-state index contributed by atoms with van der Waals surface area (Å²) < 4.78 is 5.76. The van der Waals surface area contributed by atoms with Gasteiger partial charge in [-0.3, -0.25) is 0 Å². The lowest BCUT2D eigenvalue weighted by molar-refractivity contribution is 0.0978. The van der Waals surface area contributed by atoms with Gasteiger partial charge in [0.15, 0.2) is 0 Å². The van der Waals surface area contributed by atoms with Crippen molar-refractivity contribution in [1.82, 2.24) is 0 Å². The van der Waals surface area contributed by atoms with Crippen molar-refractivity contribution in [2.75, 3.05) is 13.2 Å². The second-order valence-corrected chi connectivity index (χ2v) is 5.70. The van der Waals surface area contributed by atoms with Crippen molar-refractivity contribution in [2.45, 2.75) is 84.0 Å². The molecule has 0 spiro atoms. The lowest BCUT2D eigenvalue weighted by atomic mass is 10.1. The molecule has 1 aliphatic rings. The third kappa shape index (κ3) is 8.65. The van der Waals surface area contributed by atoms with E-state index < -0.39 is 0 Å². The van der Waals surface area contributed by atoms with Gasteiger partial charge < -0.3 is 4.74 Å². The van der Waals surface area contributed by atoms with Crippen LogP contribution in [0.4, 0.5) is 0 Å². The van der Waals surface area contributed by atoms with Crippen LogP contribution >= 0.6 is 0 Å². The molecule has 102 valence electrons. The van der Waals surface area contributed by atoms with Crippen LogP contribution in [0.15, 0.2) is 0 Å². The predicted octanol–water partition coefficient (Wildman–Crippen LogP) is 5.33. The van der Waals surface area contributed by atoms with Crippen molar-refractivity contribution < 1.29 is 4.74 Å². The summed E-state index contributed by atoms with van der Waals surface area (Å²) in [5.74, 6) is 0.893. The normalized spacial score (nSPS) is 16.8. The minimum absolute atomic E-state index is 0.893. The van der Waals surface area contributed by atoms with Crippen LogP contribution in [0.25, 0.3) is 0 Å². The molecule has 0 heterocycles. The molecule has 0 amide bonds. The second-order valence-electron chi connectivity index (χ2n) is 5.70. The summed E-state index contributed by atoms with van der Waals surface area (Å²) in [5.41, 5.74) is 0. The molecule has 1 saturated carbocycles. The molecule has 1 aliphatic carbocycles. The van der Waals surface area contributed by atoms with Crippen molar-refractivity contribution in [2.24, 2.45) is 5.92 Å². The Hall–Kier alpha value is -0.0400. The van der Waals surface area contributed by atoms with Crippen molar-refractivity contribution in [3.63, 3.8) is 0 Å². The summed E-state index contributed by atoms with van der Waals surface area (Å²) in [6, 6.07) is 0. The summed E-state index contributed by atoms with van der Waals surface area (Å²) in [4.78, 5) is 0. The van der Waals surface area contributed by atoms with Gasteiger partial charge in [0.05, 0.1) is 0 Å². The molecule has 0 saturated heterocycles. The van der Waals surface area contributed by atoms with E-state index >= 15 is 0 Å². The Kier molecular flexibility index (Phi) is 9.78. The van der Waals surface area contributed by atoms with Crippen molar-refractivity contribution >= 4 is 0 Å². The summed E-state index contributed by atoms with van der Waals surface area (Å²) in [6.07, 6.45) is 16.9. The topological polar surface area (TPSA) is 9.23 Å². The van der Waals surface area contributed by atoms with Crippen LogP contribution in [0.1, 0.15) is 84.0 Å². The number of hydrogen-bond acceptors (Lipinski definition) is 1. The zero-order valence-electron chi connectivity index (χ0n) is 11.9. The van der Waals surface area contributed by atoms with Crippen LogP contribution in [0.3, 0.4) is 0 Å². The lowest BCUT2D eigenvalue weighted by Crippen LogP contribution is -2.06. The standard InChI is InChI=1S/C16H32O/c1-2-3-4-5-6-7-8-11-14-17-15-16-12-9-10-13-16/h16H,2-15H2,1H3. The van der Waals surface area contributed by atoms with Crippen LogP contribution in [0, 0.1) is 5.92 Å². The van der Waals surface area contributed by atoms with Gasteiger partial charge in [-0.2, -0.15) is 0 Å². The molecule has 1 nitrogen and oxygen atoms in total. The monoisotopic (exact) mass is 240 g/mol. The van der Waals surface area contributed by atoms with Crippen LogP contribution < -0.4 is 0 Å². The molecule has 0 bridgehead atoms. The van der Waals surface area contributed by atoms with Crippen LogP contribution in [-0.4, -0.2) is 13.2 Å². The number of hydrogen-bond donors (Lipinski definition) is 0. The van der Waals surface area contributed by atoms with E-state index in [-0.39, 0.29) is 0 Å². The molecule has 0 aliphatic heterocycles. The largest absolute Gasteiger partial charge is 0.381 e. The first-order valence-electron chi connectivity index (χ1n) is 8.01. The summed E-state index contributed by atoms with van der Waals surface area (Å²) >= 11 is 0. The lowest BCUT2D eigenvalue weighted by Gasteiger charge is -2.09. The average molecular weight is 240 g/mol.